The van der Waals surface area contributed by atoms with Crippen molar-refractivity contribution < 1.29 is 0 Å². The van der Waals surface area contributed by atoms with E-state index in [-0.39, 0.29) is 0 Å². The zero-order chi connectivity index (χ0) is 11.8. The van der Waals surface area contributed by atoms with Crippen LogP contribution < -0.4 is 4.90 Å². The van der Waals surface area contributed by atoms with Crippen LogP contribution in [0.3, 0.4) is 0 Å². The van der Waals surface area contributed by atoms with Gasteiger partial charge in [-0.15, -0.1) is 0 Å². The fourth-order valence-corrected chi connectivity index (χ4v) is 2.81. The standard InChI is InChI=1S/C13H19BrN2/c1-13(2,3)10-5-7-16(9-10)12-4-6-15-8-11(12)14/h4,6,8,10H,5,7,9H2,1-3H3. The molecule has 1 aromatic rings. The lowest BCUT2D eigenvalue weighted by atomic mass is 9.80. The summed E-state index contributed by atoms with van der Waals surface area (Å²) in [6.07, 6.45) is 5.03. The minimum Gasteiger partial charge on any atom is -0.370 e. The minimum atomic E-state index is 0.411. The van der Waals surface area contributed by atoms with Gasteiger partial charge in [0.05, 0.1) is 10.2 Å². The van der Waals surface area contributed by atoms with Crippen LogP contribution in [0.5, 0.6) is 0 Å². The Hall–Kier alpha value is -0.570. The van der Waals surface area contributed by atoms with Gasteiger partial charge in [-0.25, -0.2) is 0 Å². The summed E-state index contributed by atoms with van der Waals surface area (Å²) < 4.78 is 1.10. The summed E-state index contributed by atoms with van der Waals surface area (Å²) in [7, 11) is 0. The molecule has 0 radical (unpaired) electrons. The summed E-state index contributed by atoms with van der Waals surface area (Å²) in [5, 5.41) is 0. The highest BCUT2D eigenvalue weighted by Crippen LogP contribution is 2.37. The monoisotopic (exact) mass is 282 g/mol. The number of pyridine rings is 1. The van der Waals surface area contributed by atoms with Crippen molar-refractivity contribution in [2.75, 3.05) is 18.0 Å². The quantitative estimate of drug-likeness (QED) is 0.781. The molecular formula is C13H19BrN2. The number of nitrogens with zero attached hydrogens (tertiary/aromatic N) is 2. The van der Waals surface area contributed by atoms with Gasteiger partial charge in [0.1, 0.15) is 0 Å². The molecule has 88 valence electrons. The number of rotatable bonds is 1. The van der Waals surface area contributed by atoms with E-state index in [1.807, 2.05) is 12.4 Å². The Balaban J connectivity index is 2.13. The molecule has 2 heterocycles. The van der Waals surface area contributed by atoms with Crippen molar-refractivity contribution in [1.29, 1.82) is 0 Å². The molecule has 0 aromatic carbocycles. The molecule has 2 rings (SSSR count). The van der Waals surface area contributed by atoms with Crippen LogP contribution in [-0.2, 0) is 0 Å². The minimum absolute atomic E-state index is 0.411. The van der Waals surface area contributed by atoms with E-state index in [2.05, 4.69) is 52.7 Å². The Morgan fingerprint density at radius 1 is 1.44 bits per heavy atom. The summed E-state index contributed by atoms with van der Waals surface area (Å²) in [6, 6.07) is 2.09. The maximum absolute atomic E-state index is 4.11. The predicted molar refractivity (Wildman–Crippen MR) is 71.7 cm³/mol. The Kier molecular flexibility index (Phi) is 3.24. The molecule has 0 bridgehead atoms. The zero-order valence-corrected chi connectivity index (χ0v) is 11.8. The lowest BCUT2D eigenvalue weighted by Gasteiger charge is -2.27. The van der Waals surface area contributed by atoms with Crippen molar-refractivity contribution in [3.05, 3.63) is 22.9 Å². The van der Waals surface area contributed by atoms with Gasteiger partial charge < -0.3 is 4.90 Å². The average Bonchev–Trinajstić information content (AvgIpc) is 2.66. The first kappa shape index (κ1) is 11.9. The van der Waals surface area contributed by atoms with E-state index < -0.39 is 0 Å². The summed E-state index contributed by atoms with van der Waals surface area (Å²) in [5.74, 6) is 0.785. The summed E-state index contributed by atoms with van der Waals surface area (Å²) in [5.41, 5.74) is 1.69. The second-order valence-corrected chi connectivity index (χ2v) is 6.48. The molecule has 0 spiro atoms. The molecule has 1 fully saturated rings. The van der Waals surface area contributed by atoms with E-state index in [0.29, 0.717) is 5.41 Å². The van der Waals surface area contributed by atoms with Crippen molar-refractivity contribution in [3.8, 4) is 0 Å². The predicted octanol–water partition coefficient (Wildman–Crippen LogP) is 3.72. The lowest BCUT2D eigenvalue weighted by molar-refractivity contribution is 0.263. The second kappa shape index (κ2) is 4.36. The zero-order valence-electron chi connectivity index (χ0n) is 10.2. The van der Waals surface area contributed by atoms with Crippen LogP contribution in [0.15, 0.2) is 22.9 Å². The molecule has 16 heavy (non-hydrogen) atoms. The molecule has 2 nitrogen and oxygen atoms in total. The fraction of sp³-hybridized carbons (Fsp3) is 0.615. The summed E-state index contributed by atoms with van der Waals surface area (Å²) >= 11 is 3.57. The highest BCUT2D eigenvalue weighted by Gasteiger charge is 2.32. The van der Waals surface area contributed by atoms with E-state index in [9.17, 15) is 0 Å². The Morgan fingerprint density at radius 2 is 2.19 bits per heavy atom. The lowest BCUT2D eigenvalue weighted by Crippen LogP contribution is -2.26. The maximum Gasteiger partial charge on any atom is 0.0592 e. The molecule has 1 aliphatic rings. The normalized spacial score (nSPS) is 21.5. The Bertz CT molecular complexity index is 370. The third-order valence-corrected chi connectivity index (χ3v) is 4.12. The fourth-order valence-electron chi connectivity index (χ4n) is 2.31. The van der Waals surface area contributed by atoms with Crippen LogP contribution in [0.1, 0.15) is 27.2 Å². The SMILES string of the molecule is CC(C)(C)C1CCN(c2ccncc2Br)C1. The largest absolute Gasteiger partial charge is 0.370 e. The third kappa shape index (κ3) is 2.40. The van der Waals surface area contributed by atoms with Gasteiger partial charge in [-0.1, -0.05) is 20.8 Å². The molecule has 0 aliphatic carbocycles. The molecule has 1 saturated heterocycles. The highest BCUT2D eigenvalue weighted by atomic mass is 79.9. The van der Waals surface area contributed by atoms with Crippen LogP contribution in [0.25, 0.3) is 0 Å². The maximum atomic E-state index is 4.11. The number of hydrogen-bond donors (Lipinski definition) is 0. The van der Waals surface area contributed by atoms with Gasteiger partial charge in [0, 0.05) is 25.5 Å². The van der Waals surface area contributed by atoms with Crippen molar-refractivity contribution in [3.63, 3.8) is 0 Å². The summed E-state index contributed by atoms with van der Waals surface area (Å²) in [6.45, 7) is 9.32. The molecule has 0 N–H and O–H groups in total. The van der Waals surface area contributed by atoms with Gasteiger partial charge in [-0.05, 0) is 39.8 Å². The smallest absolute Gasteiger partial charge is 0.0592 e. The number of anilines is 1. The van der Waals surface area contributed by atoms with E-state index in [1.165, 1.54) is 12.1 Å². The number of aromatic nitrogens is 1. The molecule has 0 saturated carbocycles. The highest BCUT2D eigenvalue weighted by molar-refractivity contribution is 9.10. The molecule has 1 aliphatic heterocycles. The van der Waals surface area contributed by atoms with Crippen LogP contribution in [0.2, 0.25) is 0 Å². The van der Waals surface area contributed by atoms with Gasteiger partial charge in [0.25, 0.3) is 0 Å². The average molecular weight is 283 g/mol. The number of halogens is 1. The molecular weight excluding hydrogens is 264 g/mol. The molecule has 1 aromatic heterocycles. The van der Waals surface area contributed by atoms with Crippen molar-refractivity contribution in [2.24, 2.45) is 11.3 Å². The van der Waals surface area contributed by atoms with Crippen molar-refractivity contribution in [2.45, 2.75) is 27.2 Å². The third-order valence-electron chi connectivity index (χ3n) is 3.50. The van der Waals surface area contributed by atoms with E-state index in [4.69, 9.17) is 0 Å². The van der Waals surface area contributed by atoms with Crippen LogP contribution in [0.4, 0.5) is 5.69 Å². The topological polar surface area (TPSA) is 16.1 Å². The van der Waals surface area contributed by atoms with Gasteiger partial charge in [0.2, 0.25) is 0 Å². The molecule has 0 amide bonds. The van der Waals surface area contributed by atoms with Gasteiger partial charge in [-0.3, -0.25) is 4.98 Å². The van der Waals surface area contributed by atoms with Gasteiger partial charge in [-0.2, -0.15) is 0 Å². The second-order valence-electron chi connectivity index (χ2n) is 5.62. The number of hydrogen-bond acceptors (Lipinski definition) is 2. The first-order chi connectivity index (χ1) is 7.48. The summed E-state index contributed by atoms with van der Waals surface area (Å²) in [4.78, 5) is 6.57. The molecule has 1 atom stereocenters. The van der Waals surface area contributed by atoms with E-state index >= 15 is 0 Å². The molecule has 1 unspecified atom stereocenters. The van der Waals surface area contributed by atoms with Crippen molar-refractivity contribution in [1.82, 2.24) is 4.98 Å². The Labute approximate surface area is 106 Å². The van der Waals surface area contributed by atoms with Crippen LogP contribution in [-0.4, -0.2) is 18.1 Å². The van der Waals surface area contributed by atoms with E-state index in [0.717, 1.165) is 23.5 Å². The van der Waals surface area contributed by atoms with Crippen LogP contribution >= 0.6 is 15.9 Å². The first-order valence-electron chi connectivity index (χ1n) is 5.83. The van der Waals surface area contributed by atoms with Crippen molar-refractivity contribution >= 4 is 21.6 Å². The first-order valence-corrected chi connectivity index (χ1v) is 6.62. The van der Waals surface area contributed by atoms with Crippen LogP contribution in [0, 0.1) is 11.3 Å². The van der Waals surface area contributed by atoms with E-state index in [1.54, 1.807) is 0 Å². The molecule has 3 heteroatoms. The van der Waals surface area contributed by atoms with Gasteiger partial charge >= 0.3 is 0 Å². The Morgan fingerprint density at radius 3 is 2.75 bits per heavy atom. The van der Waals surface area contributed by atoms with Gasteiger partial charge in [0.15, 0.2) is 0 Å².